The molecule has 0 heterocycles. The van der Waals surface area contributed by atoms with E-state index in [0.29, 0.717) is 0 Å². The zero-order valence-corrected chi connectivity index (χ0v) is 14.0. The molecule has 0 unspecified atom stereocenters. The van der Waals surface area contributed by atoms with E-state index < -0.39 is 52.8 Å². The Labute approximate surface area is 141 Å². The Morgan fingerprint density at radius 2 is 1.52 bits per heavy atom. The van der Waals surface area contributed by atoms with Crippen molar-refractivity contribution < 1.29 is 31.0 Å². The van der Waals surface area contributed by atoms with Gasteiger partial charge in [0.05, 0.1) is 11.1 Å². The topological polar surface area (TPSA) is 216 Å². The quantitative estimate of drug-likeness (QED) is 0.295. The highest BCUT2D eigenvalue weighted by Crippen LogP contribution is 2.47. The van der Waals surface area contributed by atoms with Gasteiger partial charge in [-0.1, -0.05) is 0 Å². The minimum Gasteiger partial charge on any atom is -0.505 e. The molecule has 0 saturated carbocycles. The van der Waals surface area contributed by atoms with Crippen LogP contribution in [0, 0.1) is 5.53 Å². The van der Waals surface area contributed by atoms with E-state index in [0.717, 1.165) is 12.1 Å². The number of fused-ring (bicyclic) bond motifs is 1. The Morgan fingerprint density at radius 1 is 1.04 bits per heavy atom. The summed E-state index contributed by atoms with van der Waals surface area (Å²) in [6.07, 6.45) is 0. The lowest BCUT2D eigenvalue weighted by atomic mass is 10.1. The van der Waals surface area contributed by atoms with E-state index in [1.807, 2.05) is 0 Å². The summed E-state index contributed by atoms with van der Waals surface area (Å²) in [6, 6.07) is 1.53. The minimum atomic E-state index is -4.91. The van der Waals surface area contributed by atoms with Gasteiger partial charge in [0.2, 0.25) is 0 Å². The van der Waals surface area contributed by atoms with Gasteiger partial charge in [0.15, 0.2) is 5.75 Å². The van der Waals surface area contributed by atoms with Crippen molar-refractivity contribution in [3.63, 3.8) is 0 Å². The molecule has 0 amide bonds. The smallest absolute Gasteiger partial charge is 0.296 e. The predicted octanol–water partition coefficient (Wildman–Crippen LogP) is 2.00. The molecule has 12 nitrogen and oxygen atoms in total. The second-order valence-corrected chi connectivity index (χ2v) is 7.45. The Kier molecular flexibility index (Phi) is 4.47. The van der Waals surface area contributed by atoms with E-state index in [4.69, 9.17) is 11.3 Å². The van der Waals surface area contributed by atoms with Crippen molar-refractivity contribution in [3.05, 3.63) is 12.1 Å². The molecule has 134 valence electrons. The number of phenolic OH excluding ortho intramolecular Hbond substituents is 1. The highest BCUT2D eigenvalue weighted by Gasteiger charge is 2.27. The van der Waals surface area contributed by atoms with E-state index in [1.54, 1.807) is 0 Å². The molecule has 0 aliphatic heterocycles. The van der Waals surface area contributed by atoms with Gasteiger partial charge in [0.25, 0.3) is 20.2 Å². The molecule has 0 spiro atoms. The number of benzene rings is 2. The number of anilines is 1. The zero-order chi connectivity index (χ0) is 19.2. The zero-order valence-electron chi connectivity index (χ0n) is 12.4. The molecule has 0 aliphatic rings. The van der Waals surface area contributed by atoms with E-state index in [2.05, 4.69) is 15.3 Å². The molecule has 0 radical (unpaired) electrons. The maximum Gasteiger partial charge on any atom is 0.296 e. The standard InChI is InChI=1S/C11H11N5O7S2/c1-14-16-9-5(24(18,19)20)2-4-3-6(25(21,22)23)10(15-13)11(17)7(4)8(9)12/h2-3,13,17H,12H2,1H3,(H,18,19,20)(H,21,22,23)/b15-13?,16-14+. The largest absolute Gasteiger partial charge is 0.505 e. The fourth-order valence-electron chi connectivity index (χ4n) is 2.22. The normalized spacial score (nSPS) is 12.8. The van der Waals surface area contributed by atoms with Gasteiger partial charge in [-0.2, -0.15) is 32.2 Å². The van der Waals surface area contributed by atoms with Crippen molar-refractivity contribution in [1.82, 2.24) is 0 Å². The van der Waals surface area contributed by atoms with Crippen LogP contribution in [0.4, 0.5) is 17.1 Å². The molecule has 0 saturated heterocycles. The molecular formula is C11H11N5O7S2. The maximum atomic E-state index is 11.5. The lowest BCUT2D eigenvalue weighted by Crippen LogP contribution is -2.03. The number of aromatic hydroxyl groups is 1. The Morgan fingerprint density at radius 3 is 1.92 bits per heavy atom. The number of phenols is 1. The van der Waals surface area contributed by atoms with Gasteiger partial charge in [0, 0.05) is 7.05 Å². The molecular weight excluding hydrogens is 378 g/mol. The molecule has 25 heavy (non-hydrogen) atoms. The lowest BCUT2D eigenvalue weighted by Gasteiger charge is -2.13. The molecule has 14 heteroatoms. The minimum absolute atomic E-state index is 0.266. The second kappa shape index (κ2) is 5.99. The molecule has 2 rings (SSSR count). The van der Waals surface area contributed by atoms with Gasteiger partial charge in [-0.3, -0.25) is 9.11 Å². The molecule has 0 aliphatic carbocycles. The molecule has 0 bridgehead atoms. The summed E-state index contributed by atoms with van der Waals surface area (Å²) >= 11 is 0. The van der Waals surface area contributed by atoms with Gasteiger partial charge in [-0.05, 0) is 17.5 Å². The average Bonchev–Trinajstić information content (AvgIpc) is 2.47. The molecule has 6 N–H and O–H groups in total. The molecule has 0 fully saturated rings. The van der Waals surface area contributed by atoms with Crippen LogP contribution in [-0.4, -0.2) is 38.1 Å². The summed E-state index contributed by atoms with van der Waals surface area (Å²) in [6.45, 7) is 0. The third-order valence-corrected chi connectivity index (χ3v) is 4.92. The van der Waals surface area contributed by atoms with Gasteiger partial charge in [0.1, 0.15) is 21.2 Å². The summed E-state index contributed by atoms with van der Waals surface area (Å²) in [5.41, 5.74) is 11.0. The lowest BCUT2D eigenvalue weighted by molar-refractivity contribution is 0.472. The molecule has 0 aromatic heterocycles. The Bertz CT molecular complexity index is 1140. The molecule has 2 aromatic rings. The van der Waals surface area contributed by atoms with Crippen molar-refractivity contribution in [1.29, 1.82) is 5.53 Å². The third-order valence-electron chi connectivity index (χ3n) is 3.18. The number of nitrogens with one attached hydrogen (secondary N) is 1. The number of nitrogen functional groups attached to an aromatic ring is 1. The summed E-state index contributed by atoms with van der Waals surface area (Å²) in [5, 5.41) is 19.4. The van der Waals surface area contributed by atoms with Crippen LogP contribution in [0.15, 0.2) is 37.3 Å². The predicted molar refractivity (Wildman–Crippen MR) is 84.9 cm³/mol. The monoisotopic (exact) mass is 389 g/mol. The Hall–Kier alpha value is -2.68. The summed E-state index contributed by atoms with van der Waals surface area (Å²) in [5.74, 6) is -0.896. The van der Waals surface area contributed by atoms with Gasteiger partial charge in [-0.15, -0.1) is 0 Å². The van der Waals surface area contributed by atoms with E-state index >= 15 is 0 Å². The number of hydrogen-bond donors (Lipinski definition) is 5. The van der Waals surface area contributed by atoms with E-state index in [1.165, 1.54) is 7.05 Å². The van der Waals surface area contributed by atoms with Crippen LogP contribution in [0.3, 0.4) is 0 Å². The summed E-state index contributed by atoms with van der Waals surface area (Å²) in [7, 11) is -8.55. The Balaban J connectivity index is 3.20. The maximum absolute atomic E-state index is 11.5. The number of nitrogens with two attached hydrogens (primary N) is 1. The van der Waals surface area contributed by atoms with Gasteiger partial charge >= 0.3 is 0 Å². The SMILES string of the molecule is C/N=N/c1c(S(=O)(=O)O)cc2cc(S(=O)(=O)O)c(N=N)c(O)c2c1N. The highest BCUT2D eigenvalue weighted by atomic mass is 32.2. The van der Waals surface area contributed by atoms with Gasteiger partial charge < -0.3 is 10.8 Å². The first-order valence-corrected chi connectivity index (χ1v) is 9.06. The van der Waals surface area contributed by atoms with Crippen LogP contribution >= 0.6 is 0 Å². The van der Waals surface area contributed by atoms with E-state index in [9.17, 15) is 31.0 Å². The third kappa shape index (κ3) is 3.14. The summed E-state index contributed by atoms with van der Waals surface area (Å²) in [4.78, 5) is -1.74. The van der Waals surface area contributed by atoms with Crippen molar-refractivity contribution in [2.24, 2.45) is 15.3 Å². The number of rotatable bonds is 4. The summed E-state index contributed by atoms with van der Waals surface area (Å²) < 4.78 is 64.4. The van der Waals surface area contributed by atoms with Crippen LogP contribution in [-0.2, 0) is 20.2 Å². The van der Waals surface area contributed by atoms with Crippen LogP contribution in [0.1, 0.15) is 0 Å². The van der Waals surface area contributed by atoms with Crippen molar-refractivity contribution >= 4 is 48.1 Å². The van der Waals surface area contributed by atoms with Crippen LogP contribution in [0.2, 0.25) is 0 Å². The van der Waals surface area contributed by atoms with Crippen LogP contribution in [0.5, 0.6) is 5.75 Å². The first-order chi connectivity index (χ1) is 11.4. The van der Waals surface area contributed by atoms with Gasteiger partial charge in [-0.25, -0.2) is 5.53 Å². The number of nitrogens with zero attached hydrogens (tertiary/aromatic N) is 3. The van der Waals surface area contributed by atoms with Crippen LogP contribution in [0.25, 0.3) is 10.8 Å². The average molecular weight is 389 g/mol. The van der Waals surface area contributed by atoms with E-state index in [-0.39, 0.29) is 10.8 Å². The number of hydrogen-bond acceptors (Lipinski definition) is 10. The fourth-order valence-corrected chi connectivity index (χ4v) is 3.55. The first kappa shape index (κ1) is 18.7. The fraction of sp³-hybridized carbons (Fsp3) is 0.0909. The highest BCUT2D eigenvalue weighted by molar-refractivity contribution is 7.86. The molecule has 0 atom stereocenters. The van der Waals surface area contributed by atoms with Crippen LogP contribution < -0.4 is 5.73 Å². The molecule has 2 aromatic carbocycles. The van der Waals surface area contributed by atoms with Crippen molar-refractivity contribution in [2.75, 3.05) is 12.8 Å². The first-order valence-electron chi connectivity index (χ1n) is 6.18. The van der Waals surface area contributed by atoms with Crippen molar-refractivity contribution in [2.45, 2.75) is 9.79 Å². The number of azo groups is 1. The second-order valence-electron chi connectivity index (χ2n) is 4.67. The van der Waals surface area contributed by atoms with Crippen molar-refractivity contribution in [3.8, 4) is 5.75 Å².